The van der Waals surface area contributed by atoms with Crippen LogP contribution in [0.4, 0.5) is 0 Å². The van der Waals surface area contributed by atoms with Gasteiger partial charge in [0.1, 0.15) is 12.1 Å². The van der Waals surface area contributed by atoms with Crippen LogP contribution in [0.5, 0.6) is 5.75 Å². The van der Waals surface area contributed by atoms with Gasteiger partial charge in [-0.05, 0) is 31.2 Å². The summed E-state index contributed by atoms with van der Waals surface area (Å²) in [7, 11) is 1.69. The minimum absolute atomic E-state index is 0.0673. The molecular weight excluding hydrogens is 302 g/mol. The molecule has 0 saturated heterocycles. The van der Waals surface area contributed by atoms with E-state index >= 15 is 0 Å². The van der Waals surface area contributed by atoms with Crippen LogP contribution < -0.4 is 10.1 Å². The fourth-order valence-electron chi connectivity index (χ4n) is 2.81. The Hall–Kier alpha value is -2.43. The van der Waals surface area contributed by atoms with E-state index in [1.54, 1.807) is 13.3 Å². The summed E-state index contributed by atoms with van der Waals surface area (Å²) in [4.78, 5) is 20.3. The summed E-state index contributed by atoms with van der Waals surface area (Å²) in [6, 6.07) is 8.07. The minimum Gasteiger partial charge on any atom is -0.496 e. The van der Waals surface area contributed by atoms with Crippen LogP contribution in [0, 0.1) is 6.92 Å². The quantitative estimate of drug-likeness (QED) is 0.847. The predicted molar refractivity (Wildman–Crippen MR) is 94.4 cm³/mol. The molecular formula is C19H25N3O2. The number of hydrogen-bond acceptors (Lipinski definition) is 4. The molecule has 0 aliphatic heterocycles. The standard InChI is InChI=1S/C19H25N3O2/c1-5-19(3,16-8-6-7-9-17(16)24-4)10-11-21-18(23)15-12-20-13-22-14(15)2/h6-9,12-13H,5,10-11H2,1-4H3,(H,21,23). The maximum atomic E-state index is 12.3. The van der Waals surface area contributed by atoms with Crippen molar-refractivity contribution in [2.75, 3.05) is 13.7 Å². The van der Waals surface area contributed by atoms with Gasteiger partial charge in [0.15, 0.2) is 0 Å². The first-order chi connectivity index (χ1) is 11.5. The molecule has 1 atom stereocenters. The first-order valence-electron chi connectivity index (χ1n) is 8.20. The van der Waals surface area contributed by atoms with E-state index < -0.39 is 0 Å². The number of carbonyl (C=O) groups excluding carboxylic acids is 1. The molecule has 1 amide bonds. The number of nitrogens with one attached hydrogen (secondary N) is 1. The van der Waals surface area contributed by atoms with E-state index in [1.807, 2.05) is 25.1 Å². The molecule has 0 bridgehead atoms. The number of rotatable bonds is 7. The molecule has 0 radical (unpaired) electrons. The number of methoxy groups -OCH3 is 1. The largest absolute Gasteiger partial charge is 0.496 e. The second kappa shape index (κ2) is 7.90. The SMILES string of the molecule is CCC(C)(CCNC(=O)c1cncnc1C)c1ccccc1OC. The number of ether oxygens (including phenoxy) is 1. The fraction of sp³-hybridized carbons (Fsp3) is 0.421. The summed E-state index contributed by atoms with van der Waals surface area (Å²) in [6.45, 7) is 6.74. The molecule has 24 heavy (non-hydrogen) atoms. The number of nitrogens with zero attached hydrogens (tertiary/aromatic N) is 2. The lowest BCUT2D eigenvalue weighted by Crippen LogP contribution is -2.32. The van der Waals surface area contributed by atoms with Crippen molar-refractivity contribution in [1.29, 1.82) is 0 Å². The van der Waals surface area contributed by atoms with E-state index in [-0.39, 0.29) is 11.3 Å². The molecule has 5 heteroatoms. The molecule has 1 aromatic carbocycles. The summed E-state index contributed by atoms with van der Waals surface area (Å²) in [6.07, 6.45) is 4.78. The van der Waals surface area contributed by atoms with Gasteiger partial charge in [-0.3, -0.25) is 4.79 Å². The highest BCUT2D eigenvalue weighted by atomic mass is 16.5. The zero-order valence-corrected chi connectivity index (χ0v) is 14.8. The normalized spacial score (nSPS) is 13.2. The molecule has 0 fully saturated rings. The lowest BCUT2D eigenvalue weighted by Gasteiger charge is -2.30. The van der Waals surface area contributed by atoms with Crippen molar-refractivity contribution in [3.05, 3.63) is 53.6 Å². The zero-order chi connectivity index (χ0) is 17.6. The Kier molecular flexibility index (Phi) is 5.90. The van der Waals surface area contributed by atoms with Crippen LogP contribution in [0.3, 0.4) is 0 Å². The Labute approximate surface area is 143 Å². The minimum atomic E-state index is -0.133. The Bertz CT molecular complexity index is 703. The lowest BCUT2D eigenvalue weighted by molar-refractivity contribution is 0.0949. The third kappa shape index (κ3) is 3.91. The molecule has 0 saturated carbocycles. The fourth-order valence-corrected chi connectivity index (χ4v) is 2.81. The third-order valence-electron chi connectivity index (χ3n) is 4.66. The van der Waals surface area contributed by atoms with Crippen molar-refractivity contribution >= 4 is 5.91 Å². The van der Waals surface area contributed by atoms with Gasteiger partial charge in [0.2, 0.25) is 0 Å². The molecule has 0 aliphatic carbocycles. The summed E-state index contributed by atoms with van der Waals surface area (Å²) in [5, 5.41) is 2.98. The number of aromatic nitrogens is 2. The van der Waals surface area contributed by atoms with Crippen molar-refractivity contribution in [2.45, 2.75) is 39.0 Å². The van der Waals surface area contributed by atoms with Crippen LogP contribution in [-0.2, 0) is 5.41 Å². The van der Waals surface area contributed by atoms with E-state index in [1.165, 1.54) is 11.9 Å². The number of hydrogen-bond donors (Lipinski definition) is 1. The van der Waals surface area contributed by atoms with Crippen molar-refractivity contribution in [3.8, 4) is 5.75 Å². The highest BCUT2D eigenvalue weighted by molar-refractivity contribution is 5.94. The van der Waals surface area contributed by atoms with Crippen LogP contribution in [0.1, 0.15) is 48.3 Å². The van der Waals surface area contributed by atoms with Gasteiger partial charge in [-0.25, -0.2) is 9.97 Å². The molecule has 2 rings (SSSR count). The Morgan fingerprint density at radius 2 is 2.08 bits per heavy atom. The molecule has 1 heterocycles. The highest BCUT2D eigenvalue weighted by Crippen LogP contribution is 2.36. The summed E-state index contributed by atoms with van der Waals surface area (Å²) >= 11 is 0. The van der Waals surface area contributed by atoms with E-state index in [0.717, 1.165) is 18.6 Å². The molecule has 1 aromatic heterocycles. The second-order valence-corrected chi connectivity index (χ2v) is 6.14. The molecule has 0 spiro atoms. The van der Waals surface area contributed by atoms with Gasteiger partial charge < -0.3 is 10.1 Å². The summed E-state index contributed by atoms with van der Waals surface area (Å²) < 4.78 is 5.50. The van der Waals surface area contributed by atoms with Gasteiger partial charge in [-0.2, -0.15) is 0 Å². The second-order valence-electron chi connectivity index (χ2n) is 6.14. The van der Waals surface area contributed by atoms with E-state index in [0.29, 0.717) is 17.8 Å². The molecule has 0 aliphatic rings. The molecule has 128 valence electrons. The Morgan fingerprint density at radius 1 is 1.33 bits per heavy atom. The predicted octanol–water partition coefficient (Wildman–Crippen LogP) is 3.28. The Balaban J connectivity index is 2.06. The average molecular weight is 327 g/mol. The van der Waals surface area contributed by atoms with Crippen molar-refractivity contribution < 1.29 is 9.53 Å². The number of para-hydroxylation sites is 1. The number of benzene rings is 1. The number of amides is 1. The monoisotopic (exact) mass is 327 g/mol. The maximum absolute atomic E-state index is 12.3. The third-order valence-corrected chi connectivity index (χ3v) is 4.66. The first kappa shape index (κ1) is 17.9. The van der Waals surface area contributed by atoms with Gasteiger partial charge in [0, 0.05) is 18.3 Å². The van der Waals surface area contributed by atoms with Crippen molar-refractivity contribution in [1.82, 2.24) is 15.3 Å². The van der Waals surface area contributed by atoms with Gasteiger partial charge in [0.25, 0.3) is 5.91 Å². The molecule has 5 nitrogen and oxygen atoms in total. The van der Waals surface area contributed by atoms with Crippen LogP contribution in [0.25, 0.3) is 0 Å². The van der Waals surface area contributed by atoms with Crippen LogP contribution in [-0.4, -0.2) is 29.5 Å². The van der Waals surface area contributed by atoms with E-state index in [4.69, 9.17) is 4.74 Å². The number of aryl methyl sites for hydroxylation is 1. The van der Waals surface area contributed by atoms with Crippen molar-refractivity contribution in [3.63, 3.8) is 0 Å². The van der Waals surface area contributed by atoms with Crippen LogP contribution in [0.2, 0.25) is 0 Å². The van der Waals surface area contributed by atoms with Gasteiger partial charge in [0.05, 0.1) is 18.4 Å². The zero-order valence-electron chi connectivity index (χ0n) is 14.8. The van der Waals surface area contributed by atoms with Crippen molar-refractivity contribution in [2.24, 2.45) is 0 Å². The lowest BCUT2D eigenvalue weighted by atomic mass is 9.77. The summed E-state index contributed by atoms with van der Waals surface area (Å²) in [5.41, 5.74) is 2.31. The smallest absolute Gasteiger partial charge is 0.254 e. The maximum Gasteiger partial charge on any atom is 0.254 e. The molecule has 1 unspecified atom stereocenters. The first-order valence-corrected chi connectivity index (χ1v) is 8.20. The highest BCUT2D eigenvalue weighted by Gasteiger charge is 2.27. The number of carbonyl (C=O) groups is 1. The van der Waals surface area contributed by atoms with Crippen LogP contribution >= 0.6 is 0 Å². The molecule has 1 N–H and O–H groups in total. The van der Waals surface area contributed by atoms with Gasteiger partial charge in [-0.1, -0.05) is 32.0 Å². The van der Waals surface area contributed by atoms with Gasteiger partial charge >= 0.3 is 0 Å². The average Bonchev–Trinajstić information content (AvgIpc) is 2.61. The summed E-state index contributed by atoms with van der Waals surface area (Å²) in [5.74, 6) is 0.757. The topological polar surface area (TPSA) is 64.1 Å². The van der Waals surface area contributed by atoms with Gasteiger partial charge in [-0.15, -0.1) is 0 Å². The molecule has 2 aromatic rings. The van der Waals surface area contributed by atoms with E-state index in [2.05, 4.69) is 35.2 Å². The Morgan fingerprint density at radius 3 is 2.75 bits per heavy atom. The van der Waals surface area contributed by atoms with E-state index in [9.17, 15) is 4.79 Å². The van der Waals surface area contributed by atoms with Crippen LogP contribution in [0.15, 0.2) is 36.8 Å².